The van der Waals surface area contributed by atoms with Gasteiger partial charge in [-0.25, -0.2) is 0 Å². The lowest BCUT2D eigenvalue weighted by molar-refractivity contribution is 0.104. The van der Waals surface area contributed by atoms with Gasteiger partial charge in [0.25, 0.3) is 0 Å². The average molecular weight is 355 g/mol. The molecule has 5 heteroatoms. The zero-order chi connectivity index (χ0) is 10.1. The summed E-state index contributed by atoms with van der Waals surface area (Å²) in [7, 11) is 0. The van der Waals surface area contributed by atoms with Crippen molar-refractivity contribution in [2.24, 2.45) is 0 Å². The van der Waals surface area contributed by atoms with Gasteiger partial charge in [-0.05, 0) is 40.1 Å². The predicted molar refractivity (Wildman–Crippen MR) is 69.8 cm³/mol. The van der Waals surface area contributed by atoms with Crippen LogP contribution in [-0.4, -0.2) is 5.78 Å². The van der Waals surface area contributed by atoms with Gasteiger partial charge in [0, 0.05) is 10.9 Å². The summed E-state index contributed by atoms with van der Waals surface area (Å²) in [6, 6.07) is 3.63. The van der Waals surface area contributed by atoms with Gasteiger partial charge in [0.05, 0.1) is 12.8 Å². The van der Waals surface area contributed by atoms with E-state index in [4.69, 9.17) is 11.6 Å². The van der Waals surface area contributed by atoms with Crippen molar-refractivity contribution in [3.05, 3.63) is 41.2 Å². The summed E-state index contributed by atoms with van der Waals surface area (Å²) in [6.07, 6.45) is 0. The normalized spacial score (nSPS) is 10.4. The average Bonchev–Trinajstić information content (AvgIpc) is 2.73. The molecule has 2 aromatic rings. The predicted octanol–water partition coefficient (Wildman–Crippen LogP) is 4.30. The van der Waals surface area contributed by atoms with Gasteiger partial charge in [-0.3, -0.25) is 4.79 Å². The van der Waals surface area contributed by atoms with Gasteiger partial charge in [-0.2, -0.15) is 0 Å². The summed E-state index contributed by atoms with van der Waals surface area (Å²) in [5.74, 6) is 0.0177. The number of hydrogen-bond donors (Lipinski definition) is 0. The number of carbonyl (C=O) groups excluding carboxylic acids is 1. The van der Waals surface area contributed by atoms with E-state index in [9.17, 15) is 4.79 Å². The van der Waals surface area contributed by atoms with Gasteiger partial charge in [0.15, 0.2) is 0 Å². The van der Waals surface area contributed by atoms with E-state index >= 15 is 0 Å². The highest BCUT2D eigenvalue weighted by Crippen LogP contribution is 2.27. The molecular formula is C9H4ClIOS2. The molecule has 0 amide bonds. The van der Waals surface area contributed by atoms with E-state index in [1.807, 2.05) is 16.8 Å². The molecule has 0 aliphatic heterocycles. The quantitative estimate of drug-likeness (QED) is 0.580. The number of hydrogen-bond acceptors (Lipinski definition) is 3. The Morgan fingerprint density at radius 2 is 2.21 bits per heavy atom. The zero-order valence-electron chi connectivity index (χ0n) is 6.79. The molecule has 0 spiro atoms. The summed E-state index contributed by atoms with van der Waals surface area (Å²) >= 11 is 11.0. The molecule has 72 valence electrons. The van der Waals surface area contributed by atoms with Gasteiger partial charge < -0.3 is 0 Å². The van der Waals surface area contributed by atoms with E-state index in [2.05, 4.69) is 22.6 Å². The van der Waals surface area contributed by atoms with Crippen LogP contribution < -0.4 is 0 Å². The monoisotopic (exact) mass is 354 g/mol. The van der Waals surface area contributed by atoms with Crippen LogP contribution in [0, 0.1) is 2.88 Å². The summed E-state index contributed by atoms with van der Waals surface area (Å²) < 4.78 is 1.11. The Morgan fingerprint density at radius 1 is 1.43 bits per heavy atom. The fraction of sp³-hybridized carbons (Fsp3) is 0. The molecule has 2 rings (SSSR count). The number of carbonyl (C=O) groups is 1. The fourth-order valence-corrected chi connectivity index (χ4v) is 3.45. The highest BCUT2D eigenvalue weighted by molar-refractivity contribution is 14.1. The number of rotatable bonds is 2. The van der Waals surface area contributed by atoms with Crippen LogP contribution in [-0.2, 0) is 0 Å². The Balaban J connectivity index is 2.38. The van der Waals surface area contributed by atoms with Gasteiger partial charge >= 0.3 is 0 Å². The maximum Gasteiger partial charge on any atom is 0.205 e. The third-order valence-electron chi connectivity index (χ3n) is 1.65. The molecule has 0 aromatic carbocycles. The second-order valence-electron chi connectivity index (χ2n) is 2.57. The molecule has 0 fully saturated rings. The lowest BCUT2D eigenvalue weighted by Gasteiger charge is -1.93. The molecule has 0 bridgehead atoms. The maximum atomic E-state index is 11.9. The highest BCUT2D eigenvalue weighted by Gasteiger charge is 2.15. The van der Waals surface area contributed by atoms with Crippen LogP contribution in [0.1, 0.15) is 15.2 Å². The van der Waals surface area contributed by atoms with E-state index in [-0.39, 0.29) is 5.78 Å². The van der Waals surface area contributed by atoms with Gasteiger partial charge in [0.2, 0.25) is 5.78 Å². The Hall–Kier alpha value is 0.0900. The van der Waals surface area contributed by atoms with Crippen molar-refractivity contribution in [1.29, 1.82) is 0 Å². The van der Waals surface area contributed by atoms with Gasteiger partial charge in [0.1, 0.15) is 0 Å². The molecule has 0 saturated carbocycles. The first-order valence-electron chi connectivity index (χ1n) is 3.70. The largest absolute Gasteiger partial charge is 0.288 e. The molecule has 14 heavy (non-hydrogen) atoms. The Morgan fingerprint density at radius 3 is 2.71 bits per heavy atom. The van der Waals surface area contributed by atoms with Crippen LogP contribution in [0.15, 0.2) is 22.9 Å². The van der Waals surface area contributed by atoms with E-state index in [0.717, 1.165) is 8.45 Å². The van der Waals surface area contributed by atoms with Crippen molar-refractivity contribution in [3.63, 3.8) is 0 Å². The van der Waals surface area contributed by atoms with E-state index in [1.54, 1.807) is 17.4 Å². The fourth-order valence-electron chi connectivity index (χ4n) is 1.02. The first kappa shape index (κ1) is 10.6. The second-order valence-corrected chi connectivity index (χ2v) is 6.70. The number of thiophene rings is 2. The molecule has 0 aliphatic carbocycles. The maximum absolute atomic E-state index is 11.9. The minimum absolute atomic E-state index is 0.0177. The molecule has 0 atom stereocenters. The third kappa shape index (κ3) is 2.03. The van der Waals surface area contributed by atoms with Crippen molar-refractivity contribution in [1.82, 2.24) is 0 Å². The number of ketones is 1. The molecule has 0 aliphatic rings. The lowest BCUT2D eigenvalue weighted by atomic mass is 10.2. The standard InChI is InChI=1S/C9H4ClIOS2/c10-6-1-2-13-9(6)8(12)5-3-7(11)14-4-5/h1-4H. The van der Waals surface area contributed by atoms with E-state index in [0.29, 0.717) is 9.90 Å². The molecule has 0 N–H and O–H groups in total. The Bertz CT molecular complexity index is 475. The minimum Gasteiger partial charge on any atom is -0.288 e. The van der Waals surface area contributed by atoms with Crippen LogP contribution in [0.3, 0.4) is 0 Å². The first-order valence-corrected chi connectivity index (χ1v) is 6.92. The second kappa shape index (κ2) is 4.30. The zero-order valence-corrected chi connectivity index (χ0v) is 11.3. The van der Waals surface area contributed by atoms with Gasteiger partial charge in [-0.15, -0.1) is 22.7 Å². The SMILES string of the molecule is O=C(c1csc(I)c1)c1sccc1Cl. The molecule has 2 aromatic heterocycles. The topological polar surface area (TPSA) is 17.1 Å². The summed E-state index contributed by atoms with van der Waals surface area (Å²) in [6.45, 7) is 0. The Kier molecular flexibility index (Phi) is 3.26. The third-order valence-corrected chi connectivity index (χ3v) is 4.78. The van der Waals surface area contributed by atoms with Crippen molar-refractivity contribution in [3.8, 4) is 0 Å². The van der Waals surface area contributed by atoms with Crippen molar-refractivity contribution >= 4 is 62.6 Å². The van der Waals surface area contributed by atoms with Crippen molar-refractivity contribution in [2.45, 2.75) is 0 Å². The first-order chi connectivity index (χ1) is 6.68. The molecule has 2 heterocycles. The smallest absolute Gasteiger partial charge is 0.205 e. The molecular weight excluding hydrogens is 351 g/mol. The van der Waals surface area contributed by atoms with Crippen LogP contribution in [0.5, 0.6) is 0 Å². The molecule has 0 radical (unpaired) electrons. The molecule has 1 nitrogen and oxygen atoms in total. The van der Waals surface area contributed by atoms with Crippen LogP contribution in [0.2, 0.25) is 5.02 Å². The lowest BCUT2D eigenvalue weighted by Crippen LogP contribution is -1.96. The van der Waals surface area contributed by atoms with Crippen molar-refractivity contribution < 1.29 is 4.79 Å². The van der Waals surface area contributed by atoms with Crippen molar-refractivity contribution in [2.75, 3.05) is 0 Å². The van der Waals surface area contributed by atoms with Crippen LogP contribution >= 0.6 is 56.9 Å². The highest BCUT2D eigenvalue weighted by atomic mass is 127. The van der Waals surface area contributed by atoms with Crippen LogP contribution in [0.4, 0.5) is 0 Å². The van der Waals surface area contributed by atoms with Crippen LogP contribution in [0.25, 0.3) is 0 Å². The number of halogens is 2. The summed E-state index contributed by atoms with van der Waals surface area (Å²) in [4.78, 5) is 12.5. The molecule has 0 saturated heterocycles. The van der Waals surface area contributed by atoms with E-state index < -0.39 is 0 Å². The van der Waals surface area contributed by atoms with E-state index in [1.165, 1.54) is 11.3 Å². The molecule has 0 unspecified atom stereocenters. The minimum atomic E-state index is 0.0177. The summed E-state index contributed by atoms with van der Waals surface area (Å²) in [5.41, 5.74) is 0.726. The summed E-state index contributed by atoms with van der Waals surface area (Å²) in [5, 5.41) is 4.23. The van der Waals surface area contributed by atoms with Gasteiger partial charge in [-0.1, -0.05) is 11.6 Å². The Labute approximate surface area is 108 Å².